The summed E-state index contributed by atoms with van der Waals surface area (Å²) in [7, 11) is 2.02. The van der Waals surface area contributed by atoms with Crippen LogP contribution in [0, 0.1) is 0 Å². The molecular formula is C17H24N2OS. The maximum atomic E-state index is 5.85. The summed E-state index contributed by atoms with van der Waals surface area (Å²) in [5, 5.41) is 4.72. The van der Waals surface area contributed by atoms with Gasteiger partial charge in [-0.15, -0.1) is 11.3 Å². The van der Waals surface area contributed by atoms with Gasteiger partial charge in [-0.05, 0) is 37.9 Å². The Labute approximate surface area is 130 Å². The molecular weight excluding hydrogens is 280 g/mol. The molecule has 3 rings (SSSR count). The van der Waals surface area contributed by atoms with E-state index in [2.05, 4.69) is 48.3 Å². The van der Waals surface area contributed by atoms with E-state index >= 15 is 0 Å². The lowest BCUT2D eigenvalue weighted by Gasteiger charge is -2.35. The standard InChI is InChI=1S/C17H24N2OS/c1-12-9-19(10-13(2)20-12)11-15-14-6-4-5-7-16(14)21-17(15)8-18-3/h4-7,12-13,18H,8-11H2,1-3H3. The van der Waals surface area contributed by atoms with Crippen molar-refractivity contribution >= 4 is 21.4 Å². The summed E-state index contributed by atoms with van der Waals surface area (Å²) < 4.78 is 7.24. The number of thiophene rings is 1. The van der Waals surface area contributed by atoms with Crippen LogP contribution in [0.4, 0.5) is 0 Å². The molecule has 1 saturated heterocycles. The van der Waals surface area contributed by atoms with Crippen LogP contribution in [-0.4, -0.2) is 37.2 Å². The molecule has 0 radical (unpaired) electrons. The molecule has 1 N–H and O–H groups in total. The number of fused-ring (bicyclic) bond motifs is 1. The predicted molar refractivity (Wildman–Crippen MR) is 89.9 cm³/mol. The van der Waals surface area contributed by atoms with Crippen molar-refractivity contribution in [1.29, 1.82) is 0 Å². The van der Waals surface area contributed by atoms with Crippen LogP contribution in [0.2, 0.25) is 0 Å². The summed E-state index contributed by atoms with van der Waals surface area (Å²) in [6.07, 6.45) is 0.651. The van der Waals surface area contributed by atoms with Gasteiger partial charge in [-0.1, -0.05) is 18.2 Å². The number of rotatable bonds is 4. The minimum absolute atomic E-state index is 0.325. The van der Waals surface area contributed by atoms with Gasteiger partial charge in [0.2, 0.25) is 0 Å². The normalized spacial score (nSPS) is 23.8. The number of hydrogen-bond donors (Lipinski definition) is 1. The van der Waals surface area contributed by atoms with Gasteiger partial charge >= 0.3 is 0 Å². The van der Waals surface area contributed by atoms with E-state index in [1.165, 1.54) is 20.5 Å². The molecule has 0 saturated carbocycles. The third-order valence-corrected chi connectivity index (χ3v) is 5.21. The van der Waals surface area contributed by atoms with Crippen LogP contribution >= 0.6 is 11.3 Å². The van der Waals surface area contributed by atoms with Gasteiger partial charge in [0.1, 0.15) is 0 Å². The quantitative estimate of drug-likeness (QED) is 0.938. The summed E-state index contributed by atoms with van der Waals surface area (Å²) >= 11 is 1.92. The monoisotopic (exact) mass is 304 g/mol. The third-order valence-electron chi connectivity index (χ3n) is 4.00. The minimum Gasteiger partial charge on any atom is -0.373 e. The highest BCUT2D eigenvalue weighted by Crippen LogP contribution is 2.32. The van der Waals surface area contributed by atoms with Crippen LogP contribution in [0.5, 0.6) is 0 Å². The Morgan fingerprint density at radius 1 is 1.24 bits per heavy atom. The molecule has 0 aliphatic carbocycles. The lowest BCUT2D eigenvalue weighted by atomic mass is 10.1. The Bertz CT molecular complexity index is 600. The largest absolute Gasteiger partial charge is 0.373 e. The number of nitrogens with one attached hydrogen (secondary N) is 1. The molecule has 1 aliphatic rings. The molecule has 4 heteroatoms. The summed E-state index contributed by atoms with van der Waals surface area (Å²) in [5.74, 6) is 0. The Morgan fingerprint density at radius 2 is 1.95 bits per heavy atom. The fourth-order valence-electron chi connectivity index (χ4n) is 3.26. The van der Waals surface area contributed by atoms with Crippen molar-refractivity contribution in [2.45, 2.75) is 39.1 Å². The first-order valence-electron chi connectivity index (χ1n) is 7.69. The maximum Gasteiger partial charge on any atom is 0.0678 e. The lowest BCUT2D eigenvalue weighted by molar-refractivity contribution is -0.0704. The van der Waals surface area contributed by atoms with Crippen LogP contribution in [0.15, 0.2) is 24.3 Å². The van der Waals surface area contributed by atoms with E-state index in [9.17, 15) is 0 Å². The molecule has 3 nitrogen and oxygen atoms in total. The van der Waals surface area contributed by atoms with Gasteiger partial charge in [0, 0.05) is 35.8 Å². The van der Waals surface area contributed by atoms with Crippen LogP contribution in [0.3, 0.4) is 0 Å². The van der Waals surface area contributed by atoms with E-state index in [1.54, 1.807) is 0 Å². The average molecular weight is 304 g/mol. The fourth-order valence-corrected chi connectivity index (χ4v) is 4.49. The Hall–Kier alpha value is -0.940. The SMILES string of the molecule is CNCc1sc2ccccc2c1CN1CC(C)OC(C)C1. The Balaban J connectivity index is 1.89. The molecule has 114 valence electrons. The van der Waals surface area contributed by atoms with Crippen LogP contribution in [0.1, 0.15) is 24.3 Å². The van der Waals surface area contributed by atoms with E-state index in [1.807, 2.05) is 18.4 Å². The average Bonchev–Trinajstić information content (AvgIpc) is 2.76. The molecule has 1 aliphatic heterocycles. The van der Waals surface area contributed by atoms with Gasteiger partial charge in [-0.3, -0.25) is 4.90 Å². The van der Waals surface area contributed by atoms with E-state index in [4.69, 9.17) is 4.74 Å². The molecule has 2 aromatic rings. The molecule has 21 heavy (non-hydrogen) atoms. The number of ether oxygens (including phenoxy) is 1. The second kappa shape index (κ2) is 6.44. The summed E-state index contributed by atoms with van der Waals surface area (Å²) in [5.41, 5.74) is 1.49. The Kier molecular flexibility index (Phi) is 4.60. The highest BCUT2D eigenvalue weighted by Gasteiger charge is 2.24. The zero-order valence-electron chi connectivity index (χ0n) is 13.1. The van der Waals surface area contributed by atoms with Crippen LogP contribution in [-0.2, 0) is 17.8 Å². The molecule has 1 fully saturated rings. The van der Waals surface area contributed by atoms with Crippen LogP contribution in [0.25, 0.3) is 10.1 Å². The topological polar surface area (TPSA) is 24.5 Å². The molecule has 0 spiro atoms. The maximum absolute atomic E-state index is 5.85. The van der Waals surface area contributed by atoms with E-state index in [0.29, 0.717) is 12.2 Å². The highest BCUT2D eigenvalue weighted by molar-refractivity contribution is 7.19. The van der Waals surface area contributed by atoms with Crippen molar-refractivity contribution in [2.24, 2.45) is 0 Å². The second-order valence-electron chi connectivity index (χ2n) is 5.98. The zero-order valence-corrected chi connectivity index (χ0v) is 13.9. The molecule has 0 amide bonds. The van der Waals surface area contributed by atoms with Gasteiger partial charge in [-0.2, -0.15) is 0 Å². The highest BCUT2D eigenvalue weighted by atomic mass is 32.1. The Morgan fingerprint density at radius 3 is 2.67 bits per heavy atom. The van der Waals surface area contributed by atoms with Gasteiger partial charge in [0.05, 0.1) is 12.2 Å². The molecule has 1 aromatic heterocycles. The first kappa shape index (κ1) is 15.0. The van der Waals surface area contributed by atoms with Crippen molar-refractivity contribution in [3.63, 3.8) is 0 Å². The fraction of sp³-hybridized carbons (Fsp3) is 0.529. The van der Waals surface area contributed by atoms with Gasteiger partial charge in [0.15, 0.2) is 0 Å². The summed E-state index contributed by atoms with van der Waals surface area (Å²) in [6.45, 7) is 8.36. The van der Waals surface area contributed by atoms with E-state index in [0.717, 1.165) is 26.2 Å². The number of morpholine rings is 1. The zero-order chi connectivity index (χ0) is 14.8. The lowest BCUT2D eigenvalue weighted by Crippen LogP contribution is -2.44. The first-order chi connectivity index (χ1) is 10.2. The minimum atomic E-state index is 0.325. The van der Waals surface area contributed by atoms with Gasteiger partial charge in [0.25, 0.3) is 0 Å². The molecule has 2 heterocycles. The molecule has 2 unspecified atom stereocenters. The number of nitrogens with zero attached hydrogens (tertiary/aromatic N) is 1. The smallest absolute Gasteiger partial charge is 0.0678 e. The number of benzene rings is 1. The third kappa shape index (κ3) is 3.29. The van der Waals surface area contributed by atoms with Crippen molar-refractivity contribution in [3.8, 4) is 0 Å². The summed E-state index contributed by atoms with van der Waals surface area (Å²) in [4.78, 5) is 4.00. The van der Waals surface area contributed by atoms with Gasteiger partial charge < -0.3 is 10.1 Å². The molecule has 0 bridgehead atoms. The van der Waals surface area contributed by atoms with Crippen LogP contribution < -0.4 is 5.32 Å². The summed E-state index contributed by atoms with van der Waals surface area (Å²) in [6, 6.07) is 8.76. The van der Waals surface area contributed by atoms with Crippen molar-refractivity contribution in [3.05, 3.63) is 34.7 Å². The molecule has 2 atom stereocenters. The van der Waals surface area contributed by atoms with Crippen molar-refractivity contribution < 1.29 is 4.74 Å². The van der Waals surface area contributed by atoms with Crippen molar-refractivity contribution in [2.75, 3.05) is 20.1 Å². The van der Waals surface area contributed by atoms with E-state index < -0.39 is 0 Å². The molecule has 1 aromatic carbocycles. The predicted octanol–water partition coefficient (Wildman–Crippen LogP) is 3.23. The van der Waals surface area contributed by atoms with Gasteiger partial charge in [-0.25, -0.2) is 0 Å². The van der Waals surface area contributed by atoms with E-state index in [-0.39, 0.29) is 0 Å². The first-order valence-corrected chi connectivity index (χ1v) is 8.50. The second-order valence-corrected chi connectivity index (χ2v) is 7.12. The number of hydrogen-bond acceptors (Lipinski definition) is 4. The van der Waals surface area contributed by atoms with Crippen molar-refractivity contribution in [1.82, 2.24) is 10.2 Å².